The molecule has 1 heterocycles. The Kier molecular flexibility index (Phi) is 2.80. The van der Waals surface area contributed by atoms with Crippen LogP contribution in [0, 0.1) is 13.8 Å². The smallest absolute Gasteiger partial charge is 0.0467 e. The maximum Gasteiger partial charge on any atom is 0.0467 e. The molecular formula is C12H16ClN. The Hall–Kier alpha value is -0.530. The van der Waals surface area contributed by atoms with E-state index in [9.17, 15) is 0 Å². The summed E-state index contributed by atoms with van der Waals surface area (Å²) in [5, 5.41) is 4.43. The lowest BCUT2D eigenvalue weighted by Gasteiger charge is -2.15. The lowest BCUT2D eigenvalue weighted by molar-refractivity contribution is 0.643. The Morgan fingerprint density at radius 3 is 2.79 bits per heavy atom. The van der Waals surface area contributed by atoms with Gasteiger partial charge in [-0.25, -0.2) is 0 Å². The second-order valence-electron chi connectivity index (χ2n) is 4.06. The van der Waals surface area contributed by atoms with Gasteiger partial charge in [0, 0.05) is 11.1 Å². The molecule has 1 aliphatic heterocycles. The van der Waals surface area contributed by atoms with E-state index in [4.69, 9.17) is 11.6 Å². The number of hydrogen-bond acceptors (Lipinski definition) is 1. The number of aryl methyl sites for hydroxylation is 1. The van der Waals surface area contributed by atoms with E-state index in [1.54, 1.807) is 0 Å². The highest BCUT2D eigenvalue weighted by Crippen LogP contribution is 2.31. The third kappa shape index (κ3) is 1.67. The molecule has 76 valence electrons. The standard InChI is InChI=1S/C12H16ClN/c1-8-5-6-10(9(2)12(8)13)11-4-3-7-14-11/h5-6,11,14H,3-4,7H2,1-2H3. The fourth-order valence-corrected chi connectivity index (χ4v) is 2.34. The minimum atomic E-state index is 0.521. The van der Waals surface area contributed by atoms with E-state index in [1.807, 2.05) is 0 Å². The van der Waals surface area contributed by atoms with Gasteiger partial charge in [-0.2, -0.15) is 0 Å². The lowest BCUT2D eigenvalue weighted by Crippen LogP contribution is -2.14. The summed E-state index contributed by atoms with van der Waals surface area (Å²) in [6.45, 7) is 5.31. The molecular weight excluding hydrogens is 194 g/mol. The lowest BCUT2D eigenvalue weighted by atomic mass is 9.98. The largest absolute Gasteiger partial charge is 0.310 e. The predicted octanol–water partition coefficient (Wildman–Crippen LogP) is 3.38. The van der Waals surface area contributed by atoms with Gasteiger partial charge < -0.3 is 5.32 Å². The Morgan fingerprint density at radius 2 is 2.14 bits per heavy atom. The van der Waals surface area contributed by atoms with Gasteiger partial charge in [0.1, 0.15) is 0 Å². The van der Waals surface area contributed by atoms with E-state index in [1.165, 1.54) is 29.5 Å². The molecule has 0 aromatic heterocycles. The Labute approximate surface area is 90.5 Å². The zero-order chi connectivity index (χ0) is 10.1. The van der Waals surface area contributed by atoms with Gasteiger partial charge in [-0.15, -0.1) is 0 Å². The first-order chi connectivity index (χ1) is 6.70. The van der Waals surface area contributed by atoms with Crippen LogP contribution < -0.4 is 5.32 Å². The second-order valence-corrected chi connectivity index (χ2v) is 4.44. The molecule has 1 N–H and O–H groups in total. The molecule has 0 radical (unpaired) electrons. The highest BCUT2D eigenvalue weighted by Gasteiger charge is 2.19. The molecule has 2 heteroatoms. The molecule has 0 aliphatic carbocycles. The average molecular weight is 210 g/mol. The van der Waals surface area contributed by atoms with Gasteiger partial charge in [-0.3, -0.25) is 0 Å². The summed E-state index contributed by atoms with van der Waals surface area (Å²) in [6.07, 6.45) is 2.51. The first-order valence-electron chi connectivity index (χ1n) is 5.19. The van der Waals surface area contributed by atoms with E-state index in [0.29, 0.717) is 6.04 Å². The fraction of sp³-hybridized carbons (Fsp3) is 0.500. The summed E-state index contributed by atoms with van der Waals surface area (Å²) in [7, 11) is 0. The number of rotatable bonds is 1. The summed E-state index contributed by atoms with van der Waals surface area (Å²) in [6, 6.07) is 4.84. The van der Waals surface area contributed by atoms with Crippen LogP contribution in [0.1, 0.15) is 35.6 Å². The minimum Gasteiger partial charge on any atom is -0.310 e. The molecule has 14 heavy (non-hydrogen) atoms. The number of halogens is 1. The molecule has 0 bridgehead atoms. The molecule has 1 aliphatic rings. The summed E-state index contributed by atoms with van der Waals surface area (Å²) >= 11 is 6.23. The Balaban J connectivity index is 2.38. The van der Waals surface area contributed by atoms with Crippen molar-refractivity contribution in [1.29, 1.82) is 0 Å². The van der Waals surface area contributed by atoms with Gasteiger partial charge in [0.05, 0.1) is 0 Å². The highest BCUT2D eigenvalue weighted by atomic mass is 35.5. The first-order valence-corrected chi connectivity index (χ1v) is 5.57. The normalized spacial score (nSPS) is 21.5. The Morgan fingerprint density at radius 1 is 1.36 bits per heavy atom. The maximum absolute atomic E-state index is 6.23. The third-order valence-electron chi connectivity index (χ3n) is 3.06. The molecule has 0 amide bonds. The zero-order valence-electron chi connectivity index (χ0n) is 8.73. The van der Waals surface area contributed by atoms with Gasteiger partial charge >= 0.3 is 0 Å². The van der Waals surface area contributed by atoms with Crippen LogP contribution in [0.25, 0.3) is 0 Å². The van der Waals surface area contributed by atoms with Crippen LogP contribution in [-0.2, 0) is 0 Å². The van der Waals surface area contributed by atoms with Crippen molar-refractivity contribution < 1.29 is 0 Å². The summed E-state index contributed by atoms with van der Waals surface area (Å²) in [5.41, 5.74) is 3.79. The first kappa shape index (κ1) is 10.0. The van der Waals surface area contributed by atoms with E-state index in [2.05, 4.69) is 31.3 Å². The quantitative estimate of drug-likeness (QED) is 0.748. The molecule has 1 aromatic rings. The molecule has 1 unspecified atom stereocenters. The van der Waals surface area contributed by atoms with Crippen LogP contribution >= 0.6 is 11.6 Å². The summed E-state index contributed by atoms with van der Waals surface area (Å²) in [5.74, 6) is 0. The SMILES string of the molecule is Cc1ccc(C2CCCN2)c(C)c1Cl. The van der Waals surface area contributed by atoms with E-state index in [-0.39, 0.29) is 0 Å². The van der Waals surface area contributed by atoms with E-state index in [0.717, 1.165) is 11.6 Å². The number of nitrogens with one attached hydrogen (secondary N) is 1. The van der Waals surface area contributed by atoms with Crippen molar-refractivity contribution in [2.45, 2.75) is 32.7 Å². The van der Waals surface area contributed by atoms with Crippen LogP contribution in [0.5, 0.6) is 0 Å². The molecule has 1 fully saturated rings. The van der Waals surface area contributed by atoms with Crippen LogP contribution in [-0.4, -0.2) is 6.54 Å². The summed E-state index contributed by atoms with van der Waals surface area (Å²) in [4.78, 5) is 0. The van der Waals surface area contributed by atoms with Crippen molar-refractivity contribution in [3.05, 3.63) is 33.8 Å². The van der Waals surface area contributed by atoms with Crippen molar-refractivity contribution in [3.63, 3.8) is 0 Å². The van der Waals surface area contributed by atoms with Gasteiger partial charge in [-0.05, 0) is 49.9 Å². The van der Waals surface area contributed by atoms with Gasteiger partial charge in [0.25, 0.3) is 0 Å². The fourth-order valence-electron chi connectivity index (χ4n) is 2.16. The number of benzene rings is 1. The van der Waals surface area contributed by atoms with Gasteiger partial charge in [0.15, 0.2) is 0 Å². The third-order valence-corrected chi connectivity index (χ3v) is 3.64. The molecule has 2 rings (SSSR count). The van der Waals surface area contributed by atoms with Gasteiger partial charge in [0.2, 0.25) is 0 Å². The van der Waals surface area contributed by atoms with E-state index >= 15 is 0 Å². The van der Waals surface area contributed by atoms with Crippen LogP contribution in [0.2, 0.25) is 5.02 Å². The van der Waals surface area contributed by atoms with Crippen molar-refractivity contribution in [1.82, 2.24) is 5.32 Å². The van der Waals surface area contributed by atoms with Crippen LogP contribution in [0.4, 0.5) is 0 Å². The van der Waals surface area contributed by atoms with Gasteiger partial charge in [-0.1, -0.05) is 23.7 Å². The van der Waals surface area contributed by atoms with Crippen molar-refractivity contribution in [3.8, 4) is 0 Å². The summed E-state index contributed by atoms with van der Waals surface area (Å²) < 4.78 is 0. The van der Waals surface area contributed by atoms with Crippen molar-refractivity contribution >= 4 is 11.6 Å². The monoisotopic (exact) mass is 209 g/mol. The van der Waals surface area contributed by atoms with Crippen LogP contribution in [0.3, 0.4) is 0 Å². The number of hydrogen-bond donors (Lipinski definition) is 1. The zero-order valence-corrected chi connectivity index (χ0v) is 9.49. The highest BCUT2D eigenvalue weighted by molar-refractivity contribution is 6.32. The average Bonchev–Trinajstić information content (AvgIpc) is 2.67. The molecule has 1 nitrogen and oxygen atoms in total. The molecule has 1 atom stereocenters. The Bertz CT molecular complexity index is 340. The predicted molar refractivity (Wildman–Crippen MR) is 60.9 cm³/mol. The van der Waals surface area contributed by atoms with Crippen molar-refractivity contribution in [2.75, 3.05) is 6.54 Å². The minimum absolute atomic E-state index is 0.521. The van der Waals surface area contributed by atoms with Crippen molar-refractivity contribution in [2.24, 2.45) is 0 Å². The van der Waals surface area contributed by atoms with Crippen LogP contribution in [0.15, 0.2) is 12.1 Å². The molecule has 1 saturated heterocycles. The van der Waals surface area contributed by atoms with E-state index < -0.39 is 0 Å². The topological polar surface area (TPSA) is 12.0 Å². The second kappa shape index (κ2) is 3.92. The molecule has 1 aromatic carbocycles. The molecule has 0 spiro atoms. The molecule has 0 saturated carbocycles. The maximum atomic E-state index is 6.23.